The molecule has 1 aromatic carbocycles. The van der Waals surface area contributed by atoms with Crippen molar-refractivity contribution >= 4 is 18.3 Å². The molecule has 0 radical (unpaired) electrons. The van der Waals surface area contributed by atoms with E-state index in [0.717, 1.165) is 12.8 Å². The normalized spacial score (nSPS) is 21.9. The first-order chi connectivity index (χ1) is 9.16. The monoisotopic (exact) mass is 296 g/mol. The number of carbonyl (C=O) groups is 1. The van der Waals surface area contributed by atoms with Crippen molar-refractivity contribution in [1.82, 2.24) is 5.32 Å². The van der Waals surface area contributed by atoms with Crippen LogP contribution in [0.25, 0.3) is 0 Å². The molecule has 1 saturated carbocycles. The summed E-state index contributed by atoms with van der Waals surface area (Å²) in [5, 5.41) is 3.01. The lowest BCUT2D eigenvalue weighted by Crippen LogP contribution is -2.37. The summed E-state index contributed by atoms with van der Waals surface area (Å²) in [5.41, 5.74) is 8.48. The Labute approximate surface area is 127 Å². The van der Waals surface area contributed by atoms with Crippen LogP contribution in [0, 0.1) is 12.8 Å². The number of halogens is 1. The average molecular weight is 297 g/mol. The van der Waals surface area contributed by atoms with Gasteiger partial charge in [0, 0.05) is 19.0 Å². The van der Waals surface area contributed by atoms with Crippen molar-refractivity contribution in [2.24, 2.45) is 11.7 Å². The Kier molecular flexibility index (Phi) is 7.03. The number of nitrogens with two attached hydrogens (primary N) is 1. The maximum atomic E-state index is 12.0. The highest BCUT2D eigenvalue weighted by molar-refractivity contribution is 5.85. The fourth-order valence-electron chi connectivity index (χ4n) is 2.80. The number of hydrogen-bond acceptors (Lipinski definition) is 2. The van der Waals surface area contributed by atoms with Crippen molar-refractivity contribution in [3.8, 4) is 0 Å². The van der Waals surface area contributed by atoms with Gasteiger partial charge in [-0.05, 0) is 36.8 Å². The van der Waals surface area contributed by atoms with Gasteiger partial charge in [-0.2, -0.15) is 0 Å². The van der Waals surface area contributed by atoms with Crippen LogP contribution in [0.3, 0.4) is 0 Å². The number of amides is 1. The first-order valence-electron chi connectivity index (χ1n) is 7.23. The fraction of sp³-hybridized carbons (Fsp3) is 0.562. The third-order valence-corrected chi connectivity index (χ3v) is 4.15. The molecule has 112 valence electrons. The van der Waals surface area contributed by atoms with E-state index in [1.807, 2.05) is 12.1 Å². The molecule has 2 unspecified atom stereocenters. The van der Waals surface area contributed by atoms with E-state index in [2.05, 4.69) is 24.4 Å². The quantitative estimate of drug-likeness (QED) is 0.897. The number of rotatable bonds is 4. The topological polar surface area (TPSA) is 55.1 Å². The van der Waals surface area contributed by atoms with Gasteiger partial charge in [0.2, 0.25) is 5.91 Å². The van der Waals surface area contributed by atoms with E-state index in [0.29, 0.717) is 18.9 Å². The molecule has 0 bridgehead atoms. The number of nitrogens with one attached hydrogen (secondary N) is 1. The van der Waals surface area contributed by atoms with Gasteiger partial charge in [-0.15, -0.1) is 12.4 Å². The summed E-state index contributed by atoms with van der Waals surface area (Å²) in [7, 11) is 0. The molecule has 1 aliphatic carbocycles. The third-order valence-electron chi connectivity index (χ3n) is 4.15. The predicted octanol–water partition coefficient (Wildman–Crippen LogP) is 2.94. The minimum absolute atomic E-state index is 0. The van der Waals surface area contributed by atoms with Crippen LogP contribution < -0.4 is 11.1 Å². The summed E-state index contributed by atoms with van der Waals surface area (Å²) < 4.78 is 0. The molecule has 0 aliphatic heterocycles. The minimum Gasteiger partial charge on any atom is -0.352 e. The molecule has 1 aliphatic rings. The Bertz CT molecular complexity index is 436. The second kappa shape index (κ2) is 8.28. The predicted molar refractivity (Wildman–Crippen MR) is 84.8 cm³/mol. The zero-order valence-electron chi connectivity index (χ0n) is 12.1. The van der Waals surface area contributed by atoms with E-state index in [1.165, 1.54) is 24.0 Å². The van der Waals surface area contributed by atoms with Gasteiger partial charge >= 0.3 is 0 Å². The molecule has 3 N–H and O–H groups in total. The van der Waals surface area contributed by atoms with E-state index in [-0.39, 0.29) is 24.4 Å². The number of carbonyl (C=O) groups excluding carboxylic acids is 1. The molecule has 0 spiro atoms. The molecule has 0 aromatic heterocycles. The highest BCUT2D eigenvalue weighted by Crippen LogP contribution is 2.25. The molecule has 0 saturated heterocycles. The lowest BCUT2D eigenvalue weighted by atomic mass is 9.83. The van der Waals surface area contributed by atoms with Crippen LogP contribution in [-0.4, -0.2) is 11.9 Å². The van der Waals surface area contributed by atoms with Crippen LogP contribution in [0.5, 0.6) is 0 Å². The van der Waals surface area contributed by atoms with Gasteiger partial charge in [0.1, 0.15) is 0 Å². The molecule has 3 nitrogen and oxygen atoms in total. The standard InChI is InChI=1S/C16H24N2O.ClH/c1-12-6-2-3-8-14(12)11-18-16(19)10-13-7-4-5-9-15(13)17;/h2-3,6,8,13,15H,4-5,7,9-11,17H2,1H3,(H,18,19);1H. The summed E-state index contributed by atoms with van der Waals surface area (Å²) in [6.07, 6.45) is 5.16. The largest absolute Gasteiger partial charge is 0.352 e. The third kappa shape index (κ3) is 4.80. The van der Waals surface area contributed by atoms with Gasteiger partial charge in [0.25, 0.3) is 0 Å². The SMILES string of the molecule is Cc1ccccc1CNC(=O)CC1CCCCC1N.Cl. The Hall–Kier alpha value is -1.06. The molecular weight excluding hydrogens is 272 g/mol. The molecule has 1 amide bonds. The van der Waals surface area contributed by atoms with E-state index in [9.17, 15) is 4.79 Å². The van der Waals surface area contributed by atoms with E-state index < -0.39 is 0 Å². The molecule has 1 aromatic rings. The first-order valence-corrected chi connectivity index (χ1v) is 7.23. The van der Waals surface area contributed by atoms with Crippen LogP contribution in [0.4, 0.5) is 0 Å². The highest BCUT2D eigenvalue weighted by Gasteiger charge is 2.23. The van der Waals surface area contributed by atoms with Crippen molar-refractivity contribution in [1.29, 1.82) is 0 Å². The first kappa shape index (κ1) is 17.0. The summed E-state index contributed by atoms with van der Waals surface area (Å²) in [4.78, 5) is 12.0. The zero-order valence-corrected chi connectivity index (χ0v) is 12.9. The van der Waals surface area contributed by atoms with Gasteiger partial charge in [0.15, 0.2) is 0 Å². The molecular formula is C16H25ClN2O. The summed E-state index contributed by atoms with van der Waals surface area (Å²) >= 11 is 0. The van der Waals surface area contributed by atoms with E-state index in [1.54, 1.807) is 0 Å². The van der Waals surface area contributed by atoms with Gasteiger partial charge in [-0.3, -0.25) is 4.79 Å². The molecule has 20 heavy (non-hydrogen) atoms. The fourth-order valence-corrected chi connectivity index (χ4v) is 2.80. The molecule has 1 fully saturated rings. The zero-order chi connectivity index (χ0) is 13.7. The Balaban J connectivity index is 0.00000200. The van der Waals surface area contributed by atoms with Gasteiger partial charge in [-0.1, -0.05) is 37.1 Å². The van der Waals surface area contributed by atoms with Crippen molar-refractivity contribution in [3.63, 3.8) is 0 Å². The van der Waals surface area contributed by atoms with E-state index >= 15 is 0 Å². The summed E-state index contributed by atoms with van der Waals surface area (Å²) in [6.45, 7) is 2.69. The van der Waals surface area contributed by atoms with Crippen LogP contribution >= 0.6 is 12.4 Å². The highest BCUT2D eigenvalue weighted by atomic mass is 35.5. The van der Waals surface area contributed by atoms with Crippen LogP contribution in [0.15, 0.2) is 24.3 Å². The Morgan fingerprint density at radius 3 is 2.70 bits per heavy atom. The Morgan fingerprint density at radius 1 is 1.30 bits per heavy atom. The second-order valence-electron chi connectivity index (χ2n) is 5.62. The lowest BCUT2D eigenvalue weighted by molar-refractivity contribution is -0.122. The van der Waals surface area contributed by atoms with Crippen LogP contribution in [-0.2, 0) is 11.3 Å². The molecule has 0 heterocycles. The summed E-state index contributed by atoms with van der Waals surface area (Å²) in [6, 6.07) is 8.35. The minimum atomic E-state index is 0. The van der Waals surface area contributed by atoms with Gasteiger partial charge in [0.05, 0.1) is 0 Å². The van der Waals surface area contributed by atoms with Crippen molar-refractivity contribution in [2.75, 3.05) is 0 Å². The number of hydrogen-bond donors (Lipinski definition) is 2. The average Bonchev–Trinajstić information content (AvgIpc) is 2.40. The molecule has 2 rings (SSSR count). The van der Waals surface area contributed by atoms with E-state index in [4.69, 9.17) is 5.73 Å². The van der Waals surface area contributed by atoms with Crippen LogP contribution in [0.2, 0.25) is 0 Å². The van der Waals surface area contributed by atoms with Crippen molar-refractivity contribution in [3.05, 3.63) is 35.4 Å². The number of benzene rings is 1. The second-order valence-corrected chi connectivity index (χ2v) is 5.62. The lowest BCUT2D eigenvalue weighted by Gasteiger charge is -2.28. The maximum absolute atomic E-state index is 12.0. The van der Waals surface area contributed by atoms with Crippen molar-refractivity contribution in [2.45, 2.75) is 51.6 Å². The molecule has 4 heteroatoms. The van der Waals surface area contributed by atoms with Gasteiger partial charge in [-0.25, -0.2) is 0 Å². The summed E-state index contributed by atoms with van der Waals surface area (Å²) in [5.74, 6) is 0.497. The maximum Gasteiger partial charge on any atom is 0.220 e. The van der Waals surface area contributed by atoms with Crippen molar-refractivity contribution < 1.29 is 4.79 Å². The van der Waals surface area contributed by atoms with Crippen LogP contribution in [0.1, 0.15) is 43.2 Å². The number of aryl methyl sites for hydroxylation is 1. The smallest absolute Gasteiger partial charge is 0.220 e. The Morgan fingerprint density at radius 2 is 2.00 bits per heavy atom. The van der Waals surface area contributed by atoms with Gasteiger partial charge < -0.3 is 11.1 Å². The molecule has 2 atom stereocenters.